The number of nitrogens with zero attached hydrogens (tertiary/aromatic N) is 1. The Morgan fingerprint density at radius 1 is 1.39 bits per heavy atom. The minimum absolute atomic E-state index is 0.266. The molecule has 1 saturated heterocycles. The first kappa shape index (κ1) is 13.3. The second kappa shape index (κ2) is 5.24. The quantitative estimate of drug-likeness (QED) is 0.895. The van der Waals surface area contributed by atoms with Crippen LogP contribution in [0.2, 0.25) is 0 Å². The molecule has 0 aromatic heterocycles. The van der Waals surface area contributed by atoms with E-state index in [1.165, 1.54) is 6.07 Å². The Morgan fingerprint density at radius 3 is 2.61 bits per heavy atom. The van der Waals surface area contributed by atoms with Crippen LogP contribution in [0.25, 0.3) is 0 Å². The predicted octanol–water partition coefficient (Wildman–Crippen LogP) is 2.15. The van der Waals surface area contributed by atoms with Gasteiger partial charge in [-0.05, 0) is 44.5 Å². The van der Waals surface area contributed by atoms with Gasteiger partial charge in [-0.2, -0.15) is 0 Å². The summed E-state index contributed by atoms with van der Waals surface area (Å²) in [6, 6.07) is 4.95. The van der Waals surface area contributed by atoms with Crippen LogP contribution in [0.1, 0.15) is 25.3 Å². The summed E-state index contributed by atoms with van der Waals surface area (Å²) < 4.78 is 19.7. The molecule has 1 aliphatic rings. The zero-order chi connectivity index (χ0) is 13.2. The van der Waals surface area contributed by atoms with Crippen LogP contribution in [-0.4, -0.2) is 30.6 Å². The summed E-state index contributed by atoms with van der Waals surface area (Å²) in [6.07, 6.45) is 1.84. The zero-order valence-corrected chi connectivity index (χ0v) is 11.1. The number of likely N-dealkylation sites (tertiary alicyclic amines) is 1. The number of ether oxygens (including phenoxy) is 1. The number of nitrogens with two attached hydrogens (primary N) is 1. The Hall–Kier alpha value is -1.13. The van der Waals surface area contributed by atoms with Crippen LogP contribution < -0.4 is 10.5 Å². The number of benzene rings is 1. The largest absolute Gasteiger partial charge is 0.484 e. The molecule has 3 nitrogen and oxygen atoms in total. The Labute approximate surface area is 108 Å². The summed E-state index contributed by atoms with van der Waals surface area (Å²) in [5.41, 5.74) is 6.00. The van der Waals surface area contributed by atoms with E-state index < -0.39 is 0 Å². The molecule has 0 aliphatic carbocycles. The van der Waals surface area contributed by atoms with Crippen LogP contribution in [0.3, 0.4) is 0 Å². The van der Waals surface area contributed by atoms with Crippen LogP contribution in [0.5, 0.6) is 5.75 Å². The summed E-state index contributed by atoms with van der Waals surface area (Å²) in [5.74, 6) is 0.0114. The summed E-state index contributed by atoms with van der Waals surface area (Å²) in [7, 11) is 2.09. The van der Waals surface area contributed by atoms with Gasteiger partial charge in [-0.3, -0.25) is 0 Å². The summed E-state index contributed by atoms with van der Waals surface area (Å²) in [4.78, 5) is 2.26. The molecule has 0 radical (unpaired) electrons. The molecule has 0 bridgehead atoms. The molecule has 0 unspecified atom stereocenters. The highest BCUT2D eigenvalue weighted by Gasteiger charge is 2.31. The number of rotatable bonds is 3. The number of hydrogen-bond donors (Lipinski definition) is 1. The van der Waals surface area contributed by atoms with Crippen molar-refractivity contribution in [2.45, 2.75) is 31.9 Å². The van der Waals surface area contributed by atoms with Crippen molar-refractivity contribution in [2.75, 3.05) is 20.1 Å². The number of piperidine rings is 1. The number of halogens is 1. The van der Waals surface area contributed by atoms with Crippen LogP contribution in [-0.2, 0) is 6.54 Å². The van der Waals surface area contributed by atoms with E-state index in [-0.39, 0.29) is 11.4 Å². The molecular formula is C14H21FN2O. The molecule has 100 valence electrons. The second-order valence-electron chi connectivity index (χ2n) is 5.32. The SMILES string of the molecule is CN1CCC(C)(Oc2ccc(CN)cc2F)CC1. The lowest BCUT2D eigenvalue weighted by Crippen LogP contribution is -2.44. The van der Waals surface area contributed by atoms with Crippen molar-refractivity contribution in [1.29, 1.82) is 0 Å². The van der Waals surface area contributed by atoms with E-state index in [2.05, 4.69) is 18.9 Å². The molecular weight excluding hydrogens is 231 g/mol. The Kier molecular flexibility index (Phi) is 3.88. The van der Waals surface area contributed by atoms with Crippen LogP contribution in [0.15, 0.2) is 18.2 Å². The maximum absolute atomic E-state index is 13.8. The minimum atomic E-state index is -0.321. The molecule has 2 N–H and O–H groups in total. The Bertz CT molecular complexity index is 414. The lowest BCUT2D eigenvalue weighted by molar-refractivity contribution is 0.0209. The van der Waals surface area contributed by atoms with Crippen molar-refractivity contribution in [3.8, 4) is 5.75 Å². The van der Waals surface area contributed by atoms with Gasteiger partial charge in [-0.15, -0.1) is 0 Å². The zero-order valence-electron chi connectivity index (χ0n) is 11.1. The van der Waals surface area contributed by atoms with Gasteiger partial charge in [0.05, 0.1) is 0 Å². The van der Waals surface area contributed by atoms with Crippen molar-refractivity contribution < 1.29 is 9.13 Å². The van der Waals surface area contributed by atoms with Gasteiger partial charge in [0.25, 0.3) is 0 Å². The van der Waals surface area contributed by atoms with Crippen molar-refractivity contribution in [3.05, 3.63) is 29.6 Å². The number of hydrogen-bond acceptors (Lipinski definition) is 3. The van der Waals surface area contributed by atoms with E-state index in [1.54, 1.807) is 6.07 Å². The summed E-state index contributed by atoms with van der Waals surface area (Å²) in [5, 5.41) is 0. The first-order valence-corrected chi connectivity index (χ1v) is 6.38. The summed E-state index contributed by atoms with van der Waals surface area (Å²) >= 11 is 0. The minimum Gasteiger partial charge on any atom is -0.484 e. The van der Waals surface area contributed by atoms with E-state index in [1.807, 2.05) is 6.07 Å². The lowest BCUT2D eigenvalue weighted by Gasteiger charge is -2.38. The first-order chi connectivity index (χ1) is 8.52. The fraction of sp³-hybridized carbons (Fsp3) is 0.571. The highest BCUT2D eigenvalue weighted by Crippen LogP contribution is 2.29. The highest BCUT2D eigenvalue weighted by atomic mass is 19.1. The summed E-state index contributed by atoms with van der Waals surface area (Å²) in [6.45, 7) is 4.37. The van der Waals surface area contributed by atoms with Crippen molar-refractivity contribution in [2.24, 2.45) is 5.73 Å². The molecule has 2 rings (SSSR count). The standard InChI is InChI=1S/C14H21FN2O/c1-14(5-7-17(2)8-6-14)18-13-4-3-11(10-16)9-12(13)15/h3-4,9H,5-8,10,16H2,1-2H3. The molecule has 0 atom stereocenters. The van der Waals surface area contributed by atoms with Gasteiger partial charge in [0.2, 0.25) is 0 Å². The van der Waals surface area contributed by atoms with Gasteiger partial charge < -0.3 is 15.4 Å². The first-order valence-electron chi connectivity index (χ1n) is 6.38. The van der Waals surface area contributed by atoms with Crippen molar-refractivity contribution >= 4 is 0 Å². The normalized spacial score (nSPS) is 19.8. The smallest absolute Gasteiger partial charge is 0.165 e. The fourth-order valence-electron chi connectivity index (χ4n) is 2.21. The van der Waals surface area contributed by atoms with E-state index in [9.17, 15) is 4.39 Å². The van der Waals surface area contributed by atoms with E-state index in [4.69, 9.17) is 10.5 Å². The molecule has 1 heterocycles. The topological polar surface area (TPSA) is 38.5 Å². The third-order valence-corrected chi connectivity index (χ3v) is 3.63. The molecule has 0 amide bonds. The Balaban J connectivity index is 2.09. The maximum Gasteiger partial charge on any atom is 0.165 e. The van der Waals surface area contributed by atoms with E-state index in [0.717, 1.165) is 31.5 Å². The third kappa shape index (κ3) is 3.00. The van der Waals surface area contributed by atoms with E-state index >= 15 is 0 Å². The van der Waals surface area contributed by atoms with E-state index in [0.29, 0.717) is 12.3 Å². The van der Waals surface area contributed by atoms with Gasteiger partial charge >= 0.3 is 0 Å². The molecule has 1 aliphatic heterocycles. The van der Waals surface area contributed by atoms with Crippen LogP contribution >= 0.6 is 0 Å². The lowest BCUT2D eigenvalue weighted by atomic mass is 9.93. The molecule has 0 saturated carbocycles. The third-order valence-electron chi connectivity index (χ3n) is 3.63. The Morgan fingerprint density at radius 2 is 2.06 bits per heavy atom. The second-order valence-corrected chi connectivity index (χ2v) is 5.32. The van der Waals surface area contributed by atoms with Gasteiger partial charge in [0.15, 0.2) is 11.6 Å². The average Bonchev–Trinajstić information content (AvgIpc) is 2.36. The molecule has 1 fully saturated rings. The van der Waals surface area contributed by atoms with Gasteiger partial charge in [0.1, 0.15) is 5.60 Å². The van der Waals surface area contributed by atoms with Crippen molar-refractivity contribution in [3.63, 3.8) is 0 Å². The van der Waals surface area contributed by atoms with Gasteiger partial charge in [-0.1, -0.05) is 6.07 Å². The molecule has 0 spiro atoms. The van der Waals surface area contributed by atoms with Gasteiger partial charge in [0, 0.05) is 19.6 Å². The van der Waals surface area contributed by atoms with Crippen LogP contribution in [0, 0.1) is 5.82 Å². The molecule has 4 heteroatoms. The monoisotopic (exact) mass is 252 g/mol. The average molecular weight is 252 g/mol. The van der Waals surface area contributed by atoms with Crippen molar-refractivity contribution in [1.82, 2.24) is 4.90 Å². The fourth-order valence-corrected chi connectivity index (χ4v) is 2.21. The molecule has 18 heavy (non-hydrogen) atoms. The highest BCUT2D eigenvalue weighted by molar-refractivity contribution is 5.30. The maximum atomic E-state index is 13.8. The predicted molar refractivity (Wildman–Crippen MR) is 70.1 cm³/mol. The van der Waals surface area contributed by atoms with Crippen LogP contribution in [0.4, 0.5) is 4.39 Å². The molecule has 1 aromatic rings. The van der Waals surface area contributed by atoms with Gasteiger partial charge in [-0.25, -0.2) is 4.39 Å². The molecule has 1 aromatic carbocycles.